The molecule has 0 fully saturated rings. The second-order valence-electron chi connectivity index (χ2n) is 8.02. The Morgan fingerprint density at radius 2 is 1.34 bits per heavy atom. The lowest BCUT2D eigenvalue weighted by atomic mass is 9.77. The molecule has 0 spiro atoms. The van der Waals surface area contributed by atoms with Crippen LogP contribution in [-0.4, -0.2) is 27.6 Å². The van der Waals surface area contributed by atoms with Crippen molar-refractivity contribution in [2.45, 2.75) is 5.54 Å². The summed E-state index contributed by atoms with van der Waals surface area (Å²) in [6.07, 6.45) is 4.89. The largest absolute Gasteiger partial charge is 0.465 e. The Kier molecular flexibility index (Phi) is 5.94. The van der Waals surface area contributed by atoms with Gasteiger partial charge in [-0.05, 0) is 16.7 Å². The Hall–Kier alpha value is -4.58. The van der Waals surface area contributed by atoms with Gasteiger partial charge in [-0.25, -0.2) is 14.8 Å². The number of ether oxygens (including phenoxy) is 1. The van der Waals surface area contributed by atoms with Gasteiger partial charge in [-0.1, -0.05) is 91.0 Å². The number of pyridine rings is 1. The van der Waals surface area contributed by atoms with Crippen molar-refractivity contribution in [3.8, 4) is 11.3 Å². The van der Waals surface area contributed by atoms with Gasteiger partial charge in [0.2, 0.25) is 5.95 Å². The summed E-state index contributed by atoms with van der Waals surface area (Å²) in [5.41, 5.74) is 3.28. The molecule has 5 nitrogen and oxygen atoms in total. The Bertz CT molecular complexity index is 1350. The number of carbonyl (C=O) groups is 1. The summed E-state index contributed by atoms with van der Waals surface area (Å²) < 4.78 is 20.8. The lowest BCUT2D eigenvalue weighted by molar-refractivity contribution is 0.0601. The molecule has 6 heteroatoms. The predicted octanol–water partition coefficient (Wildman–Crippen LogP) is 5.71. The maximum Gasteiger partial charge on any atom is 0.338 e. The highest BCUT2D eigenvalue weighted by Crippen LogP contribution is 2.41. The minimum Gasteiger partial charge on any atom is -0.465 e. The van der Waals surface area contributed by atoms with E-state index in [4.69, 9.17) is 4.74 Å². The van der Waals surface area contributed by atoms with Crippen LogP contribution in [0, 0.1) is 5.95 Å². The van der Waals surface area contributed by atoms with Crippen molar-refractivity contribution in [2.75, 3.05) is 7.11 Å². The number of hydrogen-bond acceptors (Lipinski definition) is 4. The Morgan fingerprint density at radius 1 is 0.829 bits per heavy atom. The van der Waals surface area contributed by atoms with E-state index in [1.54, 1.807) is 6.33 Å². The lowest BCUT2D eigenvalue weighted by Gasteiger charge is -2.37. The van der Waals surface area contributed by atoms with Crippen LogP contribution in [0.2, 0.25) is 0 Å². The second-order valence-corrected chi connectivity index (χ2v) is 8.02. The molecular weight excluding hydrogens is 441 g/mol. The van der Waals surface area contributed by atoms with Gasteiger partial charge in [0, 0.05) is 24.0 Å². The quantitative estimate of drug-likeness (QED) is 0.184. The maximum atomic E-state index is 13.9. The first-order valence-corrected chi connectivity index (χ1v) is 11.1. The molecule has 172 valence electrons. The summed E-state index contributed by atoms with van der Waals surface area (Å²) in [6.45, 7) is 0. The third-order valence-corrected chi connectivity index (χ3v) is 6.10. The lowest BCUT2D eigenvalue weighted by Crippen LogP contribution is -2.36. The number of carbonyl (C=O) groups excluding carboxylic acids is 1. The van der Waals surface area contributed by atoms with E-state index in [1.165, 1.54) is 13.3 Å². The number of halogens is 1. The van der Waals surface area contributed by atoms with Crippen molar-refractivity contribution >= 4 is 5.97 Å². The van der Waals surface area contributed by atoms with Crippen LogP contribution in [0.4, 0.5) is 4.39 Å². The van der Waals surface area contributed by atoms with Crippen LogP contribution in [0.25, 0.3) is 11.3 Å². The van der Waals surface area contributed by atoms with Crippen LogP contribution < -0.4 is 0 Å². The SMILES string of the molecule is COC(=O)c1cc(F)ncc1-c1cn(C(c2ccccc2)(c2ccccc2)c2ccccc2)cn1. The van der Waals surface area contributed by atoms with E-state index >= 15 is 0 Å². The highest BCUT2D eigenvalue weighted by molar-refractivity contribution is 5.96. The molecule has 0 unspecified atom stereocenters. The van der Waals surface area contributed by atoms with Crippen LogP contribution >= 0.6 is 0 Å². The zero-order chi connectivity index (χ0) is 24.3. The monoisotopic (exact) mass is 463 g/mol. The Morgan fingerprint density at radius 3 is 1.83 bits per heavy atom. The minimum absolute atomic E-state index is 0.0648. The fraction of sp³-hybridized carbons (Fsp3) is 0.0690. The van der Waals surface area contributed by atoms with Gasteiger partial charge in [0.25, 0.3) is 0 Å². The molecule has 35 heavy (non-hydrogen) atoms. The maximum absolute atomic E-state index is 13.9. The first-order valence-electron chi connectivity index (χ1n) is 11.1. The first-order chi connectivity index (χ1) is 17.1. The van der Waals surface area contributed by atoms with Gasteiger partial charge in [-0.3, -0.25) is 0 Å². The van der Waals surface area contributed by atoms with E-state index in [0.29, 0.717) is 11.3 Å². The first kappa shape index (κ1) is 22.2. The van der Waals surface area contributed by atoms with E-state index < -0.39 is 17.5 Å². The predicted molar refractivity (Wildman–Crippen MR) is 131 cm³/mol. The van der Waals surface area contributed by atoms with Gasteiger partial charge in [0.05, 0.1) is 24.7 Å². The molecule has 2 heterocycles. The highest BCUT2D eigenvalue weighted by Gasteiger charge is 2.38. The molecule has 0 aliphatic carbocycles. The number of esters is 1. The average Bonchev–Trinajstić information content (AvgIpc) is 3.41. The number of imidazole rings is 1. The number of nitrogens with zero attached hydrogens (tertiary/aromatic N) is 3. The fourth-order valence-electron chi connectivity index (χ4n) is 4.54. The van der Waals surface area contributed by atoms with Gasteiger partial charge >= 0.3 is 5.97 Å². The normalized spacial score (nSPS) is 11.3. The third kappa shape index (κ3) is 3.89. The standard InChI is InChI=1S/C29H22FN3O2/c1-35-28(34)24-17-27(30)31-18-25(24)26-19-33(20-32-26)29(21-11-5-2-6-12-21,22-13-7-3-8-14-22)23-15-9-4-10-16-23/h2-20H,1H3. The molecule has 5 aromatic rings. The van der Waals surface area contributed by atoms with Crippen molar-refractivity contribution < 1.29 is 13.9 Å². The highest BCUT2D eigenvalue weighted by atomic mass is 19.1. The Balaban J connectivity index is 1.79. The van der Waals surface area contributed by atoms with Crippen LogP contribution in [0.3, 0.4) is 0 Å². The fourth-order valence-corrected chi connectivity index (χ4v) is 4.54. The van der Waals surface area contributed by atoms with Crippen molar-refractivity contribution in [2.24, 2.45) is 0 Å². The van der Waals surface area contributed by atoms with E-state index in [-0.39, 0.29) is 5.56 Å². The van der Waals surface area contributed by atoms with Gasteiger partial charge in [-0.2, -0.15) is 4.39 Å². The van der Waals surface area contributed by atoms with Crippen molar-refractivity contribution in [3.05, 3.63) is 144 Å². The number of methoxy groups -OCH3 is 1. The molecular formula is C29H22FN3O2. The number of rotatable bonds is 6. The molecule has 0 aliphatic heterocycles. The van der Waals surface area contributed by atoms with Crippen molar-refractivity contribution in [3.63, 3.8) is 0 Å². The molecule has 0 atom stereocenters. The number of benzene rings is 3. The molecule has 0 saturated carbocycles. The third-order valence-electron chi connectivity index (χ3n) is 6.10. The summed E-state index contributed by atoms with van der Waals surface area (Å²) in [5, 5.41) is 0. The zero-order valence-corrected chi connectivity index (χ0v) is 19.0. The summed E-state index contributed by atoms with van der Waals surface area (Å²) in [4.78, 5) is 20.8. The van der Waals surface area contributed by atoms with Gasteiger partial charge in [0.1, 0.15) is 5.54 Å². The Labute approximate surface area is 202 Å². The van der Waals surface area contributed by atoms with Crippen LogP contribution in [0.5, 0.6) is 0 Å². The van der Waals surface area contributed by atoms with Gasteiger partial charge in [-0.15, -0.1) is 0 Å². The molecule has 0 radical (unpaired) electrons. The molecule has 0 N–H and O–H groups in total. The van der Waals surface area contributed by atoms with E-state index in [9.17, 15) is 9.18 Å². The van der Waals surface area contributed by atoms with E-state index in [0.717, 1.165) is 22.8 Å². The van der Waals surface area contributed by atoms with Gasteiger partial charge in [0.15, 0.2) is 0 Å². The molecule has 0 aliphatic rings. The molecule has 0 amide bonds. The average molecular weight is 464 g/mol. The number of hydrogen-bond donors (Lipinski definition) is 0. The van der Waals surface area contributed by atoms with Crippen LogP contribution in [-0.2, 0) is 10.3 Å². The van der Waals surface area contributed by atoms with Crippen molar-refractivity contribution in [1.82, 2.24) is 14.5 Å². The zero-order valence-electron chi connectivity index (χ0n) is 19.0. The van der Waals surface area contributed by atoms with Crippen LogP contribution in [0.15, 0.2) is 116 Å². The summed E-state index contributed by atoms with van der Waals surface area (Å²) in [5.74, 6) is -1.42. The molecule has 5 rings (SSSR count). The smallest absolute Gasteiger partial charge is 0.338 e. The number of aromatic nitrogens is 3. The summed E-state index contributed by atoms with van der Waals surface area (Å²) >= 11 is 0. The molecule has 2 aromatic heterocycles. The second kappa shape index (κ2) is 9.35. The van der Waals surface area contributed by atoms with Crippen molar-refractivity contribution in [1.29, 1.82) is 0 Å². The van der Waals surface area contributed by atoms with Crippen LogP contribution in [0.1, 0.15) is 27.0 Å². The summed E-state index contributed by atoms with van der Waals surface area (Å²) in [6, 6.07) is 31.6. The molecule has 0 saturated heterocycles. The van der Waals surface area contributed by atoms with E-state index in [1.807, 2.05) is 65.4 Å². The minimum atomic E-state index is -0.763. The molecule has 3 aromatic carbocycles. The topological polar surface area (TPSA) is 57.0 Å². The van der Waals surface area contributed by atoms with E-state index in [2.05, 4.69) is 46.4 Å². The van der Waals surface area contributed by atoms with Gasteiger partial charge < -0.3 is 9.30 Å². The summed E-state index contributed by atoms with van der Waals surface area (Å²) in [7, 11) is 1.26. The molecule has 0 bridgehead atoms.